The first-order valence-electron chi connectivity index (χ1n) is 7.50. The van der Waals surface area contributed by atoms with Crippen LogP contribution in [0.2, 0.25) is 0 Å². The van der Waals surface area contributed by atoms with Gasteiger partial charge in [0.1, 0.15) is 17.1 Å². The molecule has 8 nitrogen and oxygen atoms in total. The lowest BCUT2D eigenvalue weighted by atomic mass is 10.0. The average Bonchev–Trinajstić information content (AvgIpc) is 2.64. The number of thioether (sulfide) groups is 1. The second-order valence-corrected chi connectivity index (χ2v) is 6.70. The third-order valence-corrected chi connectivity index (χ3v) is 5.50. The molecule has 0 spiro atoms. The van der Waals surface area contributed by atoms with Crippen molar-refractivity contribution in [2.75, 3.05) is 12.4 Å². The van der Waals surface area contributed by atoms with Gasteiger partial charge in [0.15, 0.2) is 0 Å². The van der Waals surface area contributed by atoms with E-state index in [1.807, 2.05) is 0 Å². The minimum absolute atomic E-state index is 0.211. The fourth-order valence-electron chi connectivity index (χ4n) is 2.90. The predicted molar refractivity (Wildman–Crippen MR) is 88.5 cm³/mol. The van der Waals surface area contributed by atoms with Crippen molar-refractivity contribution in [3.8, 4) is 0 Å². The van der Waals surface area contributed by atoms with Crippen molar-refractivity contribution in [1.82, 2.24) is 10.2 Å². The number of nitrogens with one attached hydrogen (secondary N) is 1. The molecule has 2 amide bonds. The number of carbonyl (C=O) groups is 3. The largest absolute Gasteiger partial charge is 0.477 e. The minimum Gasteiger partial charge on any atom is -0.477 e. The Kier molecular flexibility index (Phi) is 4.80. The third kappa shape index (κ3) is 2.90. The fourth-order valence-corrected chi connectivity index (χ4v) is 4.24. The quantitative estimate of drug-likeness (QED) is 0.520. The molecule has 2 heterocycles. The van der Waals surface area contributed by atoms with Crippen LogP contribution in [0.1, 0.15) is 15.9 Å². The second kappa shape index (κ2) is 6.87. The summed E-state index contributed by atoms with van der Waals surface area (Å²) in [6.45, 7) is -0.746. The van der Waals surface area contributed by atoms with Crippen molar-refractivity contribution in [2.24, 2.45) is 0 Å². The van der Waals surface area contributed by atoms with Gasteiger partial charge in [0, 0.05) is 11.3 Å². The lowest BCUT2D eigenvalue weighted by molar-refractivity contribution is -0.148. The molecule has 0 aliphatic carbocycles. The van der Waals surface area contributed by atoms with Crippen molar-refractivity contribution in [1.29, 1.82) is 0 Å². The highest BCUT2D eigenvalue weighted by molar-refractivity contribution is 8.00. The van der Waals surface area contributed by atoms with Crippen LogP contribution in [0.4, 0.5) is 0 Å². The number of carbonyl (C=O) groups excluding carboxylic acids is 2. The zero-order chi connectivity index (χ0) is 18.1. The summed E-state index contributed by atoms with van der Waals surface area (Å²) < 4.78 is 0. The Labute approximate surface area is 147 Å². The molecule has 3 rings (SSSR count). The van der Waals surface area contributed by atoms with E-state index in [0.29, 0.717) is 5.56 Å². The SMILES string of the molecule is O=C(O)C1=C(CO)CS[C@H]2[C@@H](NC(=O)c3ccccc3CO)C(=O)N12. The number of β-lactam (4-membered cyclic amide) rings is 1. The summed E-state index contributed by atoms with van der Waals surface area (Å²) in [4.78, 5) is 37.3. The first kappa shape index (κ1) is 17.5. The number of nitrogens with zero attached hydrogens (tertiary/aromatic N) is 1. The number of hydrogen-bond acceptors (Lipinski definition) is 6. The van der Waals surface area contributed by atoms with E-state index < -0.39 is 35.8 Å². The maximum absolute atomic E-state index is 12.4. The van der Waals surface area contributed by atoms with Crippen LogP contribution in [0.3, 0.4) is 0 Å². The maximum Gasteiger partial charge on any atom is 0.352 e. The van der Waals surface area contributed by atoms with E-state index in [1.165, 1.54) is 11.8 Å². The van der Waals surface area contributed by atoms with Crippen LogP contribution in [0.5, 0.6) is 0 Å². The van der Waals surface area contributed by atoms with Gasteiger partial charge in [-0.25, -0.2) is 4.79 Å². The number of amides is 2. The Morgan fingerprint density at radius 3 is 2.60 bits per heavy atom. The van der Waals surface area contributed by atoms with Crippen LogP contribution in [0.25, 0.3) is 0 Å². The number of carboxylic acid groups (broad SMARTS) is 1. The van der Waals surface area contributed by atoms with Gasteiger partial charge >= 0.3 is 5.97 Å². The van der Waals surface area contributed by atoms with Crippen LogP contribution in [0, 0.1) is 0 Å². The molecule has 1 aromatic carbocycles. The molecule has 2 atom stereocenters. The molecule has 1 fully saturated rings. The third-order valence-electron chi connectivity index (χ3n) is 4.16. The van der Waals surface area contributed by atoms with Gasteiger partial charge in [-0.15, -0.1) is 11.8 Å². The molecule has 4 N–H and O–H groups in total. The Bertz CT molecular complexity index is 778. The van der Waals surface area contributed by atoms with E-state index in [-0.39, 0.29) is 29.2 Å². The van der Waals surface area contributed by atoms with Gasteiger partial charge in [-0.2, -0.15) is 0 Å². The van der Waals surface area contributed by atoms with Crippen molar-refractivity contribution in [3.05, 3.63) is 46.7 Å². The number of benzene rings is 1. The molecule has 0 saturated carbocycles. The molecule has 0 bridgehead atoms. The number of rotatable bonds is 5. The highest BCUT2D eigenvalue weighted by Crippen LogP contribution is 2.40. The molecule has 0 radical (unpaired) electrons. The summed E-state index contributed by atoms with van der Waals surface area (Å²) in [6, 6.07) is 5.65. The minimum atomic E-state index is -1.28. The summed E-state index contributed by atoms with van der Waals surface area (Å²) in [6.07, 6.45) is 0. The van der Waals surface area contributed by atoms with Crippen molar-refractivity contribution in [3.63, 3.8) is 0 Å². The zero-order valence-corrected chi connectivity index (χ0v) is 13.8. The smallest absolute Gasteiger partial charge is 0.352 e. The highest BCUT2D eigenvalue weighted by atomic mass is 32.2. The van der Waals surface area contributed by atoms with Crippen LogP contribution >= 0.6 is 11.8 Å². The number of fused-ring (bicyclic) bond motifs is 1. The first-order valence-corrected chi connectivity index (χ1v) is 8.55. The fraction of sp³-hybridized carbons (Fsp3) is 0.312. The molecule has 2 aliphatic rings. The highest BCUT2D eigenvalue weighted by Gasteiger charge is 2.54. The lowest BCUT2D eigenvalue weighted by Crippen LogP contribution is -2.70. The summed E-state index contributed by atoms with van der Waals surface area (Å²) in [7, 11) is 0. The van der Waals surface area contributed by atoms with E-state index in [4.69, 9.17) is 0 Å². The molecule has 0 aromatic heterocycles. The molecular weight excluding hydrogens is 348 g/mol. The average molecular weight is 364 g/mol. The number of aliphatic carboxylic acids is 1. The number of carboxylic acids is 1. The Morgan fingerprint density at radius 2 is 1.96 bits per heavy atom. The maximum atomic E-state index is 12.4. The van der Waals surface area contributed by atoms with E-state index in [2.05, 4.69) is 5.32 Å². The van der Waals surface area contributed by atoms with Crippen molar-refractivity contribution in [2.45, 2.75) is 18.0 Å². The number of hydrogen-bond donors (Lipinski definition) is 4. The van der Waals surface area contributed by atoms with Gasteiger partial charge < -0.3 is 20.6 Å². The molecule has 132 valence electrons. The molecule has 9 heteroatoms. The van der Waals surface area contributed by atoms with Gasteiger partial charge in [-0.3, -0.25) is 14.5 Å². The predicted octanol–water partition coefficient (Wildman–Crippen LogP) is -0.477. The van der Waals surface area contributed by atoms with Crippen LogP contribution < -0.4 is 5.32 Å². The second-order valence-electron chi connectivity index (χ2n) is 5.59. The van der Waals surface area contributed by atoms with Crippen molar-refractivity contribution < 1.29 is 29.7 Å². The molecule has 25 heavy (non-hydrogen) atoms. The molecule has 1 saturated heterocycles. The molecule has 0 unspecified atom stereocenters. The molecule has 2 aliphatic heterocycles. The van der Waals surface area contributed by atoms with Crippen LogP contribution in [-0.4, -0.2) is 61.8 Å². The number of aliphatic hydroxyl groups is 2. The van der Waals surface area contributed by atoms with E-state index in [1.54, 1.807) is 24.3 Å². The van der Waals surface area contributed by atoms with Gasteiger partial charge in [0.05, 0.1) is 13.2 Å². The van der Waals surface area contributed by atoms with E-state index in [9.17, 15) is 29.7 Å². The van der Waals surface area contributed by atoms with Gasteiger partial charge in [0.25, 0.3) is 11.8 Å². The topological polar surface area (TPSA) is 127 Å². The summed E-state index contributed by atoms with van der Waals surface area (Å²) in [5.74, 6) is -2.04. The summed E-state index contributed by atoms with van der Waals surface area (Å²) >= 11 is 1.29. The summed E-state index contributed by atoms with van der Waals surface area (Å²) in [5, 5.41) is 30.0. The lowest BCUT2D eigenvalue weighted by Gasteiger charge is -2.49. The van der Waals surface area contributed by atoms with Crippen LogP contribution in [0.15, 0.2) is 35.5 Å². The zero-order valence-electron chi connectivity index (χ0n) is 13.0. The van der Waals surface area contributed by atoms with Crippen LogP contribution in [-0.2, 0) is 16.2 Å². The molecule has 1 aromatic rings. The Balaban J connectivity index is 1.79. The summed E-state index contributed by atoms with van der Waals surface area (Å²) in [5.41, 5.74) is 0.769. The Hall–Kier alpha value is -2.36. The molecular formula is C16H16N2O6S. The van der Waals surface area contributed by atoms with E-state index >= 15 is 0 Å². The van der Waals surface area contributed by atoms with Gasteiger partial charge in [-0.05, 0) is 17.2 Å². The standard InChI is InChI=1S/C16H16N2O6S/c19-5-8-3-1-2-4-10(8)13(21)17-11-14(22)18-12(16(23)24)9(6-20)7-25-15(11)18/h1-4,11,15,19-20H,5-7H2,(H,17,21)(H,23,24)/t11-,15-/m0/s1. The monoisotopic (exact) mass is 364 g/mol. The van der Waals surface area contributed by atoms with Gasteiger partial charge in [0.2, 0.25) is 0 Å². The van der Waals surface area contributed by atoms with Gasteiger partial charge in [-0.1, -0.05) is 18.2 Å². The Morgan fingerprint density at radius 1 is 1.24 bits per heavy atom. The van der Waals surface area contributed by atoms with E-state index in [0.717, 1.165) is 4.90 Å². The first-order chi connectivity index (χ1) is 12.0. The van der Waals surface area contributed by atoms with Crippen molar-refractivity contribution >= 4 is 29.5 Å². The number of aliphatic hydroxyl groups excluding tert-OH is 2. The normalized spacial score (nSPS) is 22.3.